The number of nitrogens with zero attached hydrogens (tertiary/aromatic N) is 3. The highest BCUT2D eigenvalue weighted by atomic mass is 16.3. The Kier molecular flexibility index (Phi) is 4.80. The molecule has 0 heterocycles. The first-order valence-corrected chi connectivity index (χ1v) is 8.54. The summed E-state index contributed by atoms with van der Waals surface area (Å²) in [4.78, 5) is 2.04. The summed E-state index contributed by atoms with van der Waals surface area (Å²) in [6.07, 6.45) is 0. The molecule has 3 aromatic carbocycles. The first kappa shape index (κ1) is 17.7. The van der Waals surface area contributed by atoms with Gasteiger partial charge in [-0.2, -0.15) is 5.11 Å². The number of hydrogen-bond donors (Lipinski definition) is 2. The van der Waals surface area contributed by atoms with Gasteiger partial charge in [0, 0.05) is 37.9 Å². The van der Waals surface area contributed by atoms with Crippen LogP contribution in [0.5, 0.6) is 5.75 Å². The first-order valence-electron chi connectivity index (χ1n) is 8.54. The largest absolute Gasteiger partial charge is 0.505 e. The molecule has 0 saturated carbocycles. The molecule has 0 spiro atoms. The van der Waals surface area contributed by atoms with E-state index in [0.717, 1.165) is 39.0 Å². The van der Waals surface area contributed by atoms with Crippen molar-refractivity contribution < 1.29 is 5.11 Å². The second-order valence-electron chi connectivity index (χ2n) is 6.64. The third-order valence-electron chi connectivity index (χ3n) is 4.52. The molecule has 0 aliphatic rings. The molecule has 2 N–H and O–H groups in total. The van der Waals surface area contributed by atoms with Crippen molar-refractivity contribution in [1.29, 1.82) is 0 Å². The summed E-state index contributed by atoms with van der Waals surface area (Å²) in [7, 11) is 5.89. The number of phenolic OH excluding ortho intramolecular Hbond substituents is 1. The van der Waals surface area contributed by atoms with Crippen molar-refractivity contribution in [2.75, 3.05) is 31.4 Å². The number of aryl methyl sites for hydroxylation is 2. The van der Waals surface area contributed by atoms with E-state index >= 15 is 0 Å². The van der Waals surface area contributed by atoms with Gasteiger partial charge in [-0.1, -0.05) is 0 Å². The Bertz CT molecular complexity index is 993. The highest BCUT2D eigenvalue weighted by molar-refractivity contribution is 5.95. The fourth-order valence-corrected chi connectivity index (χ4v) is 3.00. The maximum atomic E-state index is 10.7. The fourth-order valence-electron chi connectivity index (χ4n) is 3.00. The highest BCUT2D eigenvalue weighted by Crippen LogP contribution is 2.40. The van der Waals surface area contributed by atoms with Crippen LogP contribution in [0, 0.1) is 13.8 Å². The third-order valence-corrected chi connectivity index (χ3v) is 4.52. The van der Waals surface area contributed by atoms with Gasteiger partial charge in [-0.05, 0) is 72.8 Å². The molecule has 0 unspecified atom stereocenters. The molecule has 0 fully saturated rings. The Morgan fingerprint density at radius 2 is 1.69 bits per heavy atom. The molecule has 26 heavy (non-hydrogen) atoms. The van der Waals surface area contributed by atoms with E-state index in [2.05, 4.69) is 21.6 Å². The van der Waals surface area contributed by atoms with Crippen molar-refractivity contribution in [3.63, 3.8) is 0 Å². The summed E-state index contributed by atoms with van der Waals surface area (Å²) >= 11 is 0. The zero-order chi connectivity index (χ0) is 18.8. The number of phenols is 1. The van der Waals surface area contributed by atoms with Crippen LogP contribution in [-0.4, -0.2) is 26.2 Å². The van der Waals surface area contributed by atoms with Gasteiger partial charge in [-0.3, -0.25) is 0 Å². The molecule has 0 amide bonds. The number of rotatable bonds is 4. The average molecular weight is 348 g/mol. The Balaban J connectivity index is 2.02. The Morgan fingerprint density at radius 3 is 2.35 bits per heavy atom. The van der Waals surface area contributed by atoms with E-state index in [9.17, 15) is 5.11 Å². The predicted octanol–water partition coefficient (Wildman–Crippen LogP) is 5.69. The molecule has 0 atom stereocenters. The molecule has 0 bridgehead atoms. The van der Waals surface area contributed by atoms with Gasteiger partial charge in [0.25, 0.3) is 0 Å². The second-order valence-corrected chi connectivity index (χ2v) is 6.64. The standard InChI is InChI=1S/C21H24N4O/c1-13-11-16(6-9-19(13)22-3)23-24-20-14(2)10-15-12-17(25(4)5)7-8-18(15)21(20)26/h6-12,22,26H,1-5H3. The van der Waals surface area contributed by atoms with Crippen LogP contribution >= 0.6 is 0 Å². The number of nitrogens with one attached hydrogen (secondary N) is 1. The molecule has 3 aromatic rings. The molecular weight excluding hydrogens is 324 g/mol. The van der Waals surface area contributed by atoms with Crippen LogP contribution in [0.15, 0.2) is 52.7 Å². The van der Waals surface area contributed by atoms with Gasteiger partial charge in [-0.15, -0.1) is 5.11 Å². The minimum Gasteiger partial charge on any atom is -0.505 e. The van der Waals surface area contributed by atoms with Crippen LogP contribution < -0.4 is 10.2 Å². The fraction of sp³-hybridized carbons (Fsp3) is 0.238. The lowest BCUT2D eigenvalue weighted by atomic mass is 10.0. The summed E-state index contributed by atoms with van der Waals surface area (Å²) in [6.45, 7) is 3.96. The molecule has 134 valence electrons. The van der Waals surface area contributed by atoms with E-state index in [-0.39, 0.29) is 5.75 Å². The lowest BCUT2D eigenvalue weighted by Gasteiger charge is -2.14. The maximum absolute atomic E-state index is 10.7. The van der Waals surface area contributed by atoms with Gasteiger partial charge in [0.05, 0.1) is 5.69 Å². The highest BCUT2D eigenvalue weighted by Gasteiger charge is 2.11. The summed E-state index contributed by atoms with van der Waals surface area (Å²) in [5.74, 6) is 0.164. The second kappa shape index (κ2) is 7.04. The van der Waals surface area contributed by atoms with Crippen molar-refractivity contribution in [2.45, 2.75) is 13.8 Å². The Labute approximate surface area is 154 Å². The number of fused-ring (bicyclic) bond motifs is 1. The summed E-state index contributed by atoms with van der Waals surface area (Å²) in [5, 5.41) is 24.2. The Hall–Kier alpha value is -3.08. The molecule has 3 rings (SSSR count). The van der Waals surface area contributed by atoms with E-state index in [1.165, 1.54) is 0 Å². The number of azo groups is 1. The molecule has 0 radical (unpaired) electrons. The first-order chi connectivity index (χ1) is 12.4. The number of aromatic hydroxyl groups is 1. The molecule has 0 saturated heterocycles. The van der Waals surface area contributed by atoms with Crippen LogP contribution in [0.1, 0.15) is 11.1 Å². The lowest BCUT2D eigenvalue weighted by Crippen LogP contribution is -2.08. The van der Waals surface area contributed by atoms with Crippen molar-refractivity contribution in [2.24, 2.45) is 10.2 Å². The summed E-state index contributed by atoms with van der Waals surface area (Å²) in [6, 6.07) is 13.8. The topological polar surface area (TPSA) is 60.2 Å². The third kappa shape index (κ3) is 3.33. The quantitative estimate of drug-likeness (QED) is 0.596. The van der Waals surface area contributed by atoms with Crippen molar-refractivity contribution in [1.82, 2.24) is 0 Å². The zero-order valence-electron chi connectivity index (χ0n) is 15.8. The Morgan fingerprint density at radius 1 is 0.923 bits per heavy atom. The van der Waals surface area contributed by atoms with E-state index in [1.807, 2.05) is 76.3 Å². The van der Waals surface area contributed by atoms with E-state index in [4.69, 9.17) is 0 Å². The smallest absolute Gasteiger partial charge is 0.151 e. The normalized spacial score (nSPS) is 11.3. The van der Waals surface area contributed by atoms with Gasteiger partial charge in [-0.25, -0.2) is 0 Å². The van der Waals surface area contributed by atoms with E-state index < -0.39 is 0 Å². The monoisotopic (exact) mass is 348 g/mol. The van der Waals surface area contributed by atoms with Gasteiger partial charge >= 0.3 is 0 Å². The van der Waals surface area contributed by atoms with E-state index in [1.54, 1.807) is 0 Å². The number of benzene rings is 3. The number of anilines is 2. The van der Waals surface area contributed by atoms with Crippen LogP contribution in [0.3, 0.4) is 0 Å². The van der Waals surface area contributed by atoms with Gasteiger partial charge in [0.2, 0.25) is 0 Å². The molecule has 5 heteroatoms. The predicted molar refractivity (Wildman–Crippen MR) is 110 cm³/mol. The van der Waals surface area contributed by atoms with Crippen molar-refractivity contribution >= 4 is 33.5 Å². The molecule has 5 nitrogen and oxygen atoms in total. The van der Waals surface area contributed by atoms with E-state index in [0.29, 0.717) is 5.69 Å². The maximum Gasteiger partial charge on any atom is 0.151 e. The minimum absolute atomic E-state index is 0.164. The molecule has 0 aliphatic carbocycles. The number of hydrogen-bond acceptors (Lipinski definition) is 5. The van der Waals surface area contributed by atoms with Gasteiger partial charge in [0.15, 0.2) is 5.75 Å². The van der Waals surface area contributed by atoms with Gasteiger partial charge in [0.1, 0.15) is 5.69 Å². The van der Waals surface area contributed by atoms with Crippen LogP contribution in [0.25, 0.3) is 10.8 Å². The molecule has 0 aromatic heterocycles. The van der Waals surface area contributed by atoms with Crippen molar-refractivity contribution in [3.05, 3.63) is 53.6 Å². The minimum atomic E-state index is 0.164. The molecular formula is C21H24N4O. The summed E-state index contributed by atoms with van der Waals surface area (Å²) in [5.41, 5.74) is 5.39. The lowest BCUT2D eigenvalue weighted by molar-refractivity contribution is 0.482. The average Bonchev–Trinajstić information content (AvgIpc) is 2.61. The van der Waals surface area contributed by atoms with Crippen LogP contribution in [0.4, 0.5) is 22.7 Å². The SMILES string of the molecule is CNc1ccc(N=Nc2c(C)cc3cc(N(C)C)ccc3c2O)cc1C. The van der Waals surface area contributed by atoms with Gasteiger partial charge < -0.3 is 15.3 Å². The summed E-state index contributed by atoms with van der Waals surface area (Å²) < 4.78 is 0. The molecule has 0 aliphatic heterocycles. The van der Waals surface area contributed by atoms with Crippen LogP contribution in [-0.2, 0) is 0 Å². The van der Waals surface area contributed by atoms with Crippen molar-refractivity contribution in [3.8, 4) is 5.75 Å². The zero-order valence-corrected chi connectivity index (χ0v) is 15.8. The van der Waals surface area contributed by atoms with Crippen LogP contribution in [0.2, 0.25) is 0 Å².